The Labute approximate surface area is 180 Å². The van der Waals surface area contributed by atoms with Crippen molar-refractivity contribution in [3.63, 3.8) is 0 Å². The predicted molar refractivity (Wildman–Crippen MR) is 120 cm³/mol. The van der Waals surface area contributed by atoms with Crippen LogP contribution in [0.25, 0.3) is 0 Å². The van der Waals surface area contributed by atoms with Crippen LogP contribution in [0.3, 0.4) is 0 Å². The normalized spacial score (nSPS) is 13.8. The second-order valence-electron chi connectivity index (χ2n) is 7.12. The van der Waals surface area contributed by atoms with Crippen LogP contribution in [0.5, 0.6) is 0 Å². The van der Waals surface area contributed by atoms with Crippen molar-refractivity contribution in [2.45, 2.75) is 0 Å². The zero-order valence-electron chi connectivity index (χ0n) is 16.4. The molecule has 1 fully saturated rings. The number of carbonyl (C=O) groups is 2. The number of nitrogens with one attached hydrogen (secondary N) is 1. The van der Waals surface area contributed by atoms with Gasteiger partial charge < -0.3 is 15.1 Å². The van der Waals surface area contributed by atoms with Crippen LogP contribution in [0.4, 0.5) is 11.4 Å². The molecule has 4 rings (SSSR count). The summed E-state index contributed by atoms with van der Waals surface area (Å²) in [6.45, 7) is 2.81. The summed E-state index contributed by atoms with van der Waals surface area (Å²) in [5.74, 6) is -0.351. The van der Waals surface area contributed by atoms with Gasteiger partial charge in [0, 0.05) is 42.5 Å². The minimum absolute atomic E-state index is 0.0743. The number of benzene rings is 3. The maximum absolute atomic E-state index is 13.2. The van der Waals surface area contributed by atoms with Crippen LogP contribution < -0.4 is 10.2 Å². The minimum Gasteiger partial charge on any atom is -0.368 e. The average molecular weight is 420 g/mol. The first-order valence-corrected chi connectivity index (χ1v) is 10.2. The topological polar surface area (TPSA) is 52.7 Å². The van der Waals surface area contributed by atoms with Crippen molar-refractivity contribution >= 4 is 34.8 Å². The van der Waals surface area contributed by atoms with Crippen molar-refractivity contribution in [2.24, 2.45) is 0 Å². The monoisotopic (exact) mass is 419 g/mol. The lowest BCUT2D eigenvalue weighted by Gasteiger charge is -2.36. The third kappa shape index (κ3) is 4.47. The number of nitrogens with zero attached hydrogens (tertiary/aromatic N) is 2. The van der Waals surface area contributed by atoms with E-state index in [-0.39, 0.29) is 11.8 Å². The molecule has 0 bridgehead atoms. The molecule has 0 aliphatic carbocycles. The van der Waals surface area contributed by atoms with E-state index in [0.29, 0.717) is 34.9 Å². The molecule has 1 aliphatic heterocycles. The Morgan fingerprint density at radius 1 is 0.767 bits per heavy atom. The number of hydrogen-bond donors (Lipinski definition) is 1. The summed E-state index contributed by atoms with van der Waals surface area (Å²) in [5, 5.41) is 3.43. The van der Waals surface area contributed by atoms with E-state index in [9.17, 15) is 9.59 Å². The standard InChI is InChI=1S/C24H22ClN3O2/c25-19-12-10-18(11-13-19)23(29)26-22-9-5-4-8-21(22)24(30)28-16-14-27(15-17-28)20-6-2-1-3-7-20/h1-13H,14-17H2,(H,26,29). The Kier molecular flexibility index (Phi) is 6.00. The van der Waals surface area contributed by atoms with Gasteiger partial charge in [0.25, 0.3) is 11.8 Å². The third-order valence-corrected chi connectivity index (χ3v) is 5.45. The molecular formula is C24H22ClN3O2. The van der Waals surface area contributed by atoms with Crippen LogP contribution in [0, 0.1) is 0 Å². The highest BCUT2D eigenvalue weighted by Crippen LogP contribution is 2.21. The molecular weight excluding hydrogens is 398 g/mol. The highest BCUT2D eigenvalue weighted by atomic mass is 35.5. The summed E-state index contributed by atoms with van der Waals surface area (Å²) >= 11 is 5.89. The molecule has 152 valence electrons. The second kappa shape index (κ2) is 9.01. The maximum Gasteiger partial charge on any atom is 0.256 e. The van der Waals surface area contributed by atoms with E-state index in [0.717, 1.165) is 13.1 Å². The fourth-order valence-electron chi connectivity index (χ4n) is 3.55. The quantitative estimate of drug-likeness (QED) is 0.674. The average Bonchev–Trinajstić information content (AvgIpc) is 2.80. The van der Waals surface area contributed by atoms with E-state index in [1.54, 1.807) is 36.4 Å². The number of para-hydroxylation sites is 2. The molecule has 30 heavy (non-hydrogen) atoms. The van der Waals surface area contributed by atoms with Gasteiger partial charge in [0.2, 0.25) is 0 Å². The summed E-state index contributed by atoms with van der Waals surface area (Å²) in [5.41, 5.74) is 2.65. The lowest BCUT2D eigenvalue weighted by atomic mass is 10.1. The molecule has 0 unspecified atom stereocenters. The molecule has 0 saturated carbocycles. The number of amides is 2. The summed E-state index contributed by atoms with van der Waals surface area (Å²) in [6.07, 6.45) is 0. The van der Waals surface area contributed by atoms with E-state index < -0.39 is 0 Å². The van der Waals surface area contributed by atoms with Crippen molar-refractivity contribution in [1.29, 1.82) is 0 Å². The minimum atomic E-state index is -0.277. The lowest BCUT2D eigenvalue weighted by Crippen LogP contribution is -2.48. The fourth-order valence-corrected chi connectivity index (χ4v) is 3.68. The molecule has 0 atom stereocenters. The van der Waals surface area contributed by atoms with Gasteiger partial charge in [-0.25, -0.2) is 0 Å². The smallest absolute Gasteiger partial charge is 0.256 e. The summed E-state index contributed by atoms with van der Waals surface area (Å²) in [7, 11) is 0. The third-order valence-electron chi connectivity index (χ3n) is 5.20. The molecule has 0 aromatic heterocycles. The van der Waals surface area contributed by atoms with Gasteiger partial charge in [-0.3, -0.25) is 9.59 Å². The van der Waals surface area contributed by atoms with Gasteiger partial charge >= 0.3 is 0 Å². The van der Waals surface area contributed by atoms with Crippen molar-refractivity contribution in [1.82, 2.24) is 4.90 Å². The number of anilines is 2. The molecule has 1 N–H and O–H groups in total. The molecule has 1 saturated heterocycles. The number of hydrogen-bond acceptors (Lipinski definition) is 3. The maximum atomic E-state index is 13.2. The van der Waals surface area contributed by atoms with Crippen molar-refractivity contribution < 1.29 is 9.59 Å². The number of piperazine rings is 1. The van der Waals surface area contributed by atoms with Gasteiger partial charge in [-0.15, -0.1) is 0 Å². The van der Waals surface area contributed by atoms with E-state index in [1.807, 2.05) is 35.2 Å². The Hall–Kier alpha value is -3.31. The van der Waals surface area contributed by atoms with Crippen LogP contribution in [-0.4, -0.2) is 42.9 Å². The first-order chi connectivity index (χ1) is 14.6. The Morgan fingerprint density at radius 2 is 1.40 bits per heavy atom. The zero-order chi connectivity index (χ0) is 20.9. The van der Waals surface area contributed by atoms with E-state index in [2.05, 4.69) is 22.3 Å². The van der Waals surface area contributed by atoms with Gasteiger partial charge in [0.1, 0.15) is 0 Å². The van der Waals surface area contributed by atoms with E-state index in [1.165, 1.54) is 5.69 Å². The van der Waals surface area contributed by atoms with E-state index >= 15 is 0 Å². The number of rotatable bonds is 4. The van der Waals surface area contributed by atoms with Crippen molar-refractivity contribution in [3.8, 4) is 0 Å². The summed E-state index contributed by atoms with van der Waals surface area (Å²) < 4.78 is 0. The molecule has 0 radical (unpaired) electrons. The predicted octanol–water partition coefficient (Wildman–Crippen LogP) is 4.55. The van der Waals surface area contributed by atoms with Crippen LogP contribution in [-0.2, 0) is 0 Å². The highest BCUT2D eigenvalue weighted by Gasteiger charge is 2.24. The largest absolute Gasteiger partial charge is 0.368 e. The van der Waals surface area contributed by atoms with Gasteiger partial charge in [-0.1, -0.05) is 41.9 Å². The molecule has 5 nitrogen and oxygen atoms in total. The molecule has 1 aliphatic rings. The Bertz CT molecular complexity index is 1030. The molecule has 2 amide bonds. The molecule has 1 heterocycles. The lowest BCUT2D eigenvalue weighted by molar-refractivity contribution is 0.0748. The van der Waals surface area contributed by atoms with Crippen LogP contribution in [0.15, 0.2) is 78.9 Å². The summed E-state index contributed by atoms with van der Waals surface area (Å²) in [4.78, 5) is 29.9. The highest BCUT2D eigenvalue weighted by molar-refractivity contribution is 6.30. The first kappa shape index (κ1) is 20.0. The second-order valence-corrected chi connectivity index (χ2v) is 7.56. The first-order valence-electron chi connectivity index (χ1n) is 9.87. The number of carbonyl (C=O) groups excluding carboxylic acids is 2. The fraction of sp³-hybridized carbons (Fsp3) is 0.167. The van der Waals surface area contributed by atoms with Gasteiger partial charge in [0.15, 0.2) is 0 Å². The number of halogens is 1. The van der Waals surface area contributed by atoms with E-state index in [4.69, 9.17) is 11.6 Å². The Morgan fingerprint density at radius 3 is 2.10 bits per heavy atom. The molecule has 6 heteroatoms. The molecule has 3 aromatic carbocycles. The molecule has 3 aromatic rings. The molecule has 0 spiro atoms. The van der Waals surface area contributed by atoms with Gasteiger partial charge in [-0.2, -0.15) is 0 Å². The van der Waals surface area contributed by atoms with Gasteiger partial charge in [0.05, 0.1) is 11.3 Å². The van der Waals surface area contributed by atoms with Crippen LogP contribution >= 0.6 is 11.6 Å². The Balaban J connectivity index is 1.45. The SMILES string of the molecule is O=C(Nc1ccccc1C(=O)N1CCN(c2ccccc2)CC1)c1ccc(Cl)cc1. The van der Waals surface area contributed by atoms with Crippen LogP contribution in [0.1, 0.15) is 20.7 Å². The van der Waals surface area contributed by atoms with Crippen LogP contribution in [0.2, 0.25) is 5.02 Å². The van der Waals surface area contributed by atoms with Crippen molar-refractivity contribution in [3.05, 3.63) is 95.0 Å². The van der Waals surface area contributed by atoms with Gasteiger partial charge in [-0.05, 0) is 48.5 Å². The van der Waals surface area contributed by atoms with Crippen molar-refractivity contribution in [2.75, 3.05) is 36.4 Å². The zero-order valence-corrected chi connectivity index (χ0v) is 17.2. The summed E-state index contributed by atoms with van der Waals surface area (Å²) in [6, 6.07) is 24.0.